The number of ether oxygens (including phenoxy) is 4. The van der Waals surface area contributed by atoms with Crippen LogP contribution in [0.25, 0.3) is 0 Å². The zero-order valence-corrected chi connectivity index (χ0v) is 30.6. The van der Waals surface area contributed by atoms with Gasteiger partial charge in [0.1, 0.15) is 29.8 Å². The third kappa shape index (κ3) is 5.39. The second kappa shape index (κ2) is 14.1. The van der Waals surface area contributed by atoms with E-state index in [4.69, 9.17) is 18.9 Å². The fraction of sp³-hybridized carbons (Fsp3) is 0.400. The van der Waals surface area contributed by atoms with Crippen molar-refractivity contribution in [2.24, 2.45) is 10.9 Å². The fourth-order valence-electron chi connectivity index (χ4n) is 8.64. The largest absolute Gasteiger partial charge is 0.507 e. The van der Waals surface area contributed by atoms with Crippen LogP contribution in [0.2, 0.25) is 0 Å². The summed E-state index contributed by atoms with van der Waals surface area (Å²) in [5.41, 5.74) is -9.73. The molecular formula is C40H39NO15. The molecule has 0 amide bonds. The number of aromatic hydroxyl groups is 2. The molecule has 1 heterocycles. The monoisotopic (exact) mass is 773 g/mol. The third-order valence-electron chi connectivity index (χ3n) is 11.4. The van der Waals surface area contributed by atoms with Crippen molar-refractivity contribution < 1.29 is 73.6 Å². The van der Waals surface area contributed by atoms with Gasteiger partial charge in [-0.1, -0.05) is 36.4 Å². The van der Waals surface area contributed by atoms with Gasteiger partial charge in [-0.25, -0.2) is 4.79 Å². The van der Waals surface area contributed by atoms with Gasteiger partial charge in [0, 0.05) is 37.3 Å². The molecule has 6 N–H and O–H groups in total. The van der Waals surface area contributed by atoms with Crippen molar-refractivity contribution in [2.75, 3.05) is 20.8 Å². The van der Waals surface area contributed by atoms with Crippen molar-refractivity contribution in [3.05, 3.63) is 92.5 Å². The molecule has 1 unspecified atom stereocenters. The number of aliphatic hydroxyl groups excluding tert-OH is 3. The van der Waals surface area contributed by atoms with E-state index in [9.17, 15) is 54.6 Å². The third-order valence-corrected chi connectivity index (χ3v) is 11.4. The smallest absolute Gasteiger partial charge is 0.342 e. The molecule has 56 heavy (non-hydrogen) atoms. The lowest BCUT2D eigenvalue weighted by Crippen LogP contribution is -2.73. The first-order valence-electron chi connectivity index (χ1n) is 17.7. The average molecular weight is 774 g/mol. The standard InChI is InChI=1S/C40H39NO15/c1-16-10-19-11-25(44)40(54-4)36(50)28-21(35(49)39(40,52)29(19)33(48)26(16)38(51)55-15-18-8-6-5-7-9-18)12-20-27(32(28)47)24(43)13-23(30(20)45)41-37-22(14-42)31(46)34(53-3)17(2)56-37/h5-10,12,17,22,25,31,34,37,42,44,46-48,52H,11,13-15H2,1-4H3/t17-,22+,25+,31-,34-,37?,39-,40+/m0/s1. The van der Waals surface area contributed by atoms with E-state index in [1.807, 2.05) is 0 Å². The highest BCUT2D eigenvalue weighted by atomic mass is 16.6. The molecule has 0 aromatic heterocycles. The molecule has 7 rings (SSSR count). The number of hydrogen-bond donors (Lipinski definition) is 6. The van der Waals surface area contributed by atoms with E-state index in [1.54, 1.807) is 37.3 Å². The summed E-state index contributed by atoms with van der Waals surface area (Å²) in [6.45, 7) is 2.20. The summed E-state index contributed by atoms with van der Waals surface area (Å²) in [5, 5.41) is 68.5. The summed E-state index contributed by atoms with van der Waals surface area (Å²) in [5.74, 6) is -8.76. The number of aliphatic hydroxyl groups is 4. The molecule has 3 aromatic rings. The van der Waals surface area contributed by atoms with E-state index in [2.05, 4.69) is 4.99 Å². The second-order valence-electron chi connectivity index (χ2n) is 14.4. The second-order valence-corrected chi connectivity index (χ2v) is 14.4. The quantitative estimate of drug-likeness (QED) is 0.185. The van der Waals surface area contributed by atoms with E-state index in [0.29, 0.717) is 5.56 Å². The topological polar surface area (TPSA) is 256 Å². The molecule has 3 aliphatic carbocycles. The van der Waals surface area contributed by atoms with Gasteiger partial charge in [-0.05, 0) is 36.6 Å². The summed E-state index contributed by atoms with van der Waals surface area (Å²) in [6, 6.07) is 10.8. The van der Waals surface area contributed by atoms with E-state index >= 15 is 0 Å². The first kappa shape index (κ1) is 39.1. The molecule has 8 atom stereocenters. The Hall–Kier alpha value is -5.20. The molecule has 1 saturated heterocycles. The fourth-order valence-corrected chi connectivity index (χ4v) is 8.64. The first-order valence-corrected chi connectivity index (χ1v) is 17.7. The summed E-state index contributed by atoms with van der Waals surface area (Å²) in [7, 11) is 2.26. The summed E-state index contributed by atoms with van der Waals surface area (Å²) >= 11 is 0. The number of carbonyl (C=O) groups excluding carboxylic acids is 5. The number of phenols is 2. The van der Waals surface area contributed by atoms with E-state index in [0.717, 1.165) is 13.2 Å². The first-order chi connectivity index (χ1) is 26.6. The number of phenolic OH excluding ortho intramolecular Hbond substituents is 2. The van der Waals surface area contributed by atoms with Gasteiger partial charge in [-0.3, -0.25) is 24.2 Å². The van der Waals surface area contributed by atoms with Gasteiger partial charge in [0.15, 0.2) is 23.2 Å². The maximum absolute atomic E-state index is 14.8. The van der Waals surface area contributed by atoms with Crippen LogP contribution in [0.1, 0.15) is 87.4 Å². The molecule has 1 aliphatic heterocycles. The van der Waals surface area contributed by atoms with Crippen molar-refractivity contribution >= 4 is 34.8 Å². The van der Waals surface area contributed by atoms with Crippen molar-refractivity contribution in [1.82, 2.24) is 0 Å². The Labute approximate surface area is 318 Å². The van der Waals surface area contributed by atoms with Crippen LogP contribution >= 0.6 is 0 Å². The predicted octanol–water partition coefficient (Wildman–Crippen LogP) is 1.27. The van der Waals surface area contributed by atoms with Crippen LogP contribution in [0.15, 0.2) is 47.5 Å². The van der Waals surface area contributed by atoms with E-state index in [1.165, 1.54) is 20.1 Å². The normalized spacial score (nSPS) is 30.4. The summed E-state index contributed by atoms with van der Waals surface area (Å²) in [6.07, 6.45) is -7.35. The molecule has 0 saturated carbocycles. The number of methoxy groups -OCH3 is 2. The number of esters is 1. The minimum Gasteiger partial charge on any atom is -0.507 e. The van der Waals surface area contributed by atoms with Crippen molar-refractivity contribution in [2.45, 2.75) is 75.1 Å². The van der Waals surface area contributed by atoms with Crippen molar-refractivity contribution in [3.63, 3.8) is 0 Å². The van der Waals surface area contributed by atoms with Crippen LogP contribution in [0.4, 0.5) is 0 Å². The number of carbonyl (C=O) groups is 5. The molecule has 1 fully saturated rings. The van der Waals surface area contributed by atoms with Crippen LogP contribution in [-0.4, -0.2) is 123 Å². The van der Waals surface area contributed by atoms with Crippen LogP contribution in [0.5, 0.6) is 11.5 Å². The number of Topliss-reactive ketones (excluding diaryl/α,β-unsaturated/α-hetero) is 4. The number of nitrogens with zero attached hydrogens (tertiary/aromatic N) is 1. The number of hydrogen-bond acceptors (Lipinski definition) is 16. The zero-order valence-electron chi connectivity index (χ0n) is 30.6. The van der Waals surface area contributed by atoms with Gasteiger partial charge < -0.3 is 49.6 Å². The molecule has 16 heteroatoms. The Morgan fingerprint density at radius 2 is 1.68 bits per heavy atom. The molecule has 0 bridgehead atoms. The number of ketones is 4. The van der Waals surface area contributed by atoms with Crippen molar-refractivity contribution in [1.29, 1.82) is 0 Å². The number of aryl methyl sites for hydroxylation is 1. The Balaban J connectivity index is 1.36. The van der Waals surface area contributed by atoms with Crippen molar-refractivity contribution in [3.8, 4) is 11.5 Å². The maximum atomic E-state index is 14.8. The molecule has 0 spiro atoms. The van der Waals surface area contributed by atoms with Crippen LogP contribution in [0.3, 0.4) is 0 Å². The van der Waals surface area contributed by atoms with E-state index < -0.39 is 147 Å². The van der Waals surface area contributed by atoms with Crippen LogP contribution in [0, 0.1) is 12.8 Å². The van der Waals surface area contributed by atoms with E-state index in [-0.39, 0.29) is 17.7 Å². The molecule has 294 valence electrons. The lowest BCUT2D eigenvalue weighted by Gasteiger charge is -2.52. The minimum absolute atomic E-state index is 0.0206. The van der Waals surface area contributed by atoms with Crippen LogP contribution < -0.4 is 0 Å². The molecule has 16 nitrogen and oxygen atoms in total. The number of aliphatic imine (C=N–C) groups is 1. The Morgan fingerprint density at radius 3 is 2.32 bits per heavy atom. The van der Waals surface area contributed by atoms with Gasteiger partial charge in [0.2, 0.25) is 17.3 Å². The minimum atomic E-state index is -3.28. The molecule has 4 aliphatic rings. The average Bonchev–Trinajstić information content (AvgIpc) is 3.15. The van der Waals surface area contributed by atoms with Gasteiger partial charge in [-0.15, -0.1) is 0 Å². The lowest BCUT2D eigenvalue weighted by molar-refractivity contribution is -0.206. The number of benzene rings is 3. The highest BCUT2D eigenvalue weighted by Crippen LogP contribution is 2.56. The summed E-state index contributed by atoms with van der Waals surface area (Å²) in [4.78, 5) is 74.9. The molecule has 0 radical (unpaired) electrons. The molecular weight excluding hydrogens is 734 g/mol. The van der Waals surface area contributed by atoms with Gasteiger partial charge in [0.05, 0.1) is 54.1 Å². The highest BCUT2D eigenvalue weighted by Gasteiger charge is 2.72. The van der Waals surface area contributed by atoms with Crippen LogP contribution in [-0.2, 0) is 37.6 Å². The Bertz CT molecular complexity index is 2230. The Kier molecular flexibility index (Phi) is 9.81. The SMILES string of the molecule is CO[C@@H]1[C@@H](O)[C@@H](CO)C(N=C2CC(=O)c3c(cc4c(c3O)C(=O)[C@]3(OC)[C@H](O)Cc5cc(C)c(C(=O)OCc6ccccc6)c(O)c5[C@]3(O)C4=O)C2=O)O[C@H]1C. The number of fused-ring (bicyclic) bond motifs is 5. The highest BCUT2D eigenvalue weighted by molar-refractivity contribution is 6.53. The molecule has 3 aromatic carbocycles. The van der Waals surface area contributed by atoms with Gasteiger partial charge in [-0.2, -0.15) is 0 Å². The summed E-state index contributed by atoms with van der Waals surface area (Å²) < 4.78 is 22.1. The predicted molar refractivity (Wildman–Crippen MR) is 191 cm³/mol. The lowest BCUT2D eigenvalue weighted by atomic mass is 9.56. The van der Waals surface area contributed by atoms with Gasteiger partial charge in [0.25, 0.3) is 0 Å². The van der Waals surface area contributed by atoms with Gasteiger partial charge >= 0.3 is 5.97 Å². The number of rotatable bonds is 7. The zero-order chi connectivity index (χ0) is 40.6. The Morgan fingerprint density at radius 1 is 0.982 bits per heavy atom. The maximum Gasteiger partial charge on any atom is 0.342 e.